The third-order valence-electron chi connectivity index (χ3n) is 7.23. The van der Waals surface area contributed by atoms with Crippen molar-refractivity contribution >= 4 is 56.2 Å². The molecule has 0 spiro atoms. The average molecular weight is 541 g/mol. The van der Waals surface area contributed by atoms with Crippen molar-refractivity contribution in [2.24, 2.45) is 0 Å². The van der Waals surface area contributed by atoms with Gasteiger partial charge in [-0.3, -0.25) is 9.69 Å². The molecule has 36 heavy (non-hydrogen) atoms. The van der Waals surface area contributed by atoms with Gasteiger partial charge in [0.25, 0.3) is 0 Å². The van der Waals surface area contributed by atoms with E-state index in [2.05, 4.69) is 9.80 Å². The summed E-state index contributed by atoms with van der Waals surface area (Å²) < 4.78 is 7.38. The third kappa shape index (κ3) is 4.56. The molecule has 5 nitrogen and oxygen atoms in total. The number of anilines is 1. The molecule has 0 amide bonds. The lowest BCUT2D eigenvalue weighted by Crippen LogP contribution is -2.47. The number of carbonyl (C=O) groups is 1. The zero-order valence-corrected chi connectivity index (χ0v) is 22.4. The van der Waals surface area contributed by atoms with E-state index in [1.54, 1.807) is 11.3 Å². The van der Waals surface area contributed by atoms with Gasteiger partial charge < -0.3 is 9.32 Å². The van der Waals surface area contributed by atoms with Crippen LogP contribution < -0.4 is 4.90 Å². The predicted molar refractivity (Wildman–Crippen MR) is 148 cm³/mol. The number of hydrogen-bond acceptors (Lipinski definition) is 6. The first kappa shape index (κ1) is 24.0. The van der Waals surface area contributed by atoms with E-state index in [1.165, 1.54) is 18.4 Å². The minimum atomic E-state index is 0.518. The molecule has 3 heterocycles. The Hall–Kier alpha value is -2.38. The summed E-state index contributed by atoms with van der Waals surface area (Å²) in [5, 5.41) is 2.37. The number of hydrogen-bond donors (Lipinski definition) is 0. The summed E-state index contributed by atoms with van der Waals surface area (Å²) in [5.74, 6) is 2.55. The fourth-order valence-electron chi connectivity index (χ4n) is 5.17. The standard InChI is InChI=1S/C28H27Cl2N3O2S/c1-17-25(26-21(29)3-2-4-22(26)30)20(27(35-17)19-6-7-19)9-10-32-11-13-33(14-12-32)28-31-23-8-5-18(16-34)15-24(23)36-28/h2-5,8,15-16,19H,6-7,9-14H2,1H3. The topological polar surface area (TPSA) is 49.6 Å². The van der Waals surface area contributed by atoms with E-state index in [4.69, 9.17) is 32.6 Å². The monoisotopic (exact) mass is 539 g/mol. The van der Waals surface area contributed by atoms with Crippen molar-refractivity contribution in [3.05, 3.63) is 69.1 Å². The van der Waals surface area contributed by atoms with Crippen LogP contribution in [-0.2, 0) is 6.42 Å². The zero-order chi connectivity index (χ0) is 24.8. The van der Waals surface area contributed by atoms with Crippen LogP contribution in [0.25, 0.3) is 21.3 Å². The van der Waals surface area contributed by atoms with E-state index in [1.807, 2.05) is 43.3 Å². The van der Waals surface area contributed by atoms with E-state index in [0.29, 0.717) is 21.5 Å². The zero-order valence-electron chi connectivity index (χ0n) is 20.1. The van der Waals surface area contributed by atoms with Crippen molar-refractivity contribution in [3.63, 3.8) is 0 Å². The molecule has 1 saturated carbocycles. The van der Waals surface area contributed by atoms with Gasteiger partial charge in [0.15, 0.2) is 5.13 Å². The Balaban J connectivity index is 1.17. The Morgan fingerprint density at radius 3 is 2.53 bits per heavy atom. The smallest absolute Gasteiger partial charge is 0.186 e. The summed E-state index contributed by atoms with van der Waals surface area (Å²) in [7, 11) is 0. The maximum Gasteiger partial charge on any atom is 0.186 e. The maximum atomic E-state index is 11.1. The molecule has 2 aromatic carbocycles. The van der Waals surface area contributed by atoms with Crippen LogP contribution in [0.4, 0.5) is 5.13 Å². The van der Waals surface area contributed by atoms with Crippen LogP contribution in [0, 0.1) is 6.92 Å². The molecule has 1 aliphatic heterocycles. The van der Waals surface area contributed by atoms with Gasteiger partial charge in [0.2, 0.25) is 0 Å². The molecule has 2 aliphatic rings. The lowest BCUT2D eigenvalue weighted by Gasteiger charge is -2.34. The summed E-state index contributed by atoms with van der Waals surface area (Å²) in [6.45, 7) is 6.82. The molecule has 0 N–H and O–H groups in total. The number of aldehydes is 1. The van der Waals surface area contributed by atoms with Crippen molar-refractivity contribution in [1.29, 1.82) is 0 Å². The Morgan fingerprint density at radius 2 is 1.83 bits per heavy atom. The molecule has 186 valence electrons. The van der Waals surface area contributed by atoms with Gasteiger partial charge in [0.05, 0.1) is 20.3 Å². The number of nitrogens with zero attached hydrogens (tertiary/aromatic N) is 3. The van der Waals surface area contributed by atoms with Crippen molar-refractivity contribution in [2.75, 3.05) is 37.6 Å². The number of furan rings is 1. The number of rotatable bonds is 7. The molecule has 1 aliphatic carbocycles. The number of thiazole rings is 1. The Morgan fingerprint density at radius 1 is 1.08 bits per heavy atom. The summed E-state index contributed by atoms with van der Waals surface area (Å²) in [4.78, 5) is 20.8. The van der Waals surface area contributed by atoms with E-state index in [9.17, 15) is 4.79 Å². The van der Waals surface area contributed by atoms with E-state index < -0.39 is 0 Å². The second-order valence-electron chi connectivity index (χ2n) is 9.67. The van der Waals surface area contributed by atoms with Crippen LogP contribution in [-0.4, -0.2) is 48.9 Å². The number of benzene rings is 2. The van der Waals surface area contributed by atoms with Gasteiger partial charge in [0.1, 0.15) is 17.8 Å². The normalized spacial score (nSPS) is 16.7. The molecule has 0 radical (unpaired) electrons. The van der Waals surface area contributed by atoms with Crippen molar-refractivity contribution in [2.45, 2.75) is 32.1 Å². The first-order valence-corrected chi connectivity index (χ1v) is 14.0. The van der Waals surface area contributed by atoms with Gasteiger partial charge in [-0.1, -0.05) is 40.6 Å². The predicted octanol–water partition coefficient (Wildman–Crippen LogP) is 7.23. The molecule has 0 bridgehead atoms. The minimum Gasteiger partial charge on any atom is -0.465 e. The van der Waals surface area contributed by atoms with Gasteiger partial charge in [-0.2, -0.15) is 0 Å². The minimum absolute atomic E-state index is 0.518. The average Bonchev–Trinajstić information content (AvgIpc) is 3.56. The molecule has 1 saturated heterocycles. The van der Waals surface area contributed by atoms with Crippen LogP contribution in [0.3, 0.4) is 0 Å². The van der Waals surface area contributed by atoms with E-state index in [-0.39, 0.29) is 0 Å². The maximum absolute atomic E-state index is 11.1. The summed E-state index contributed by atoms with van der Waals surface area (Å²) in [6.07, 6.45) is 4.17. The molecule has 8 heteroatoms. The quantitative estimate of drug-likeness (QED) is 0.232. The molecule has 6 rings (SSSR count). The number of aryl methyl sites for hydroxylation is 1. The molecular formula is C28H27Cl2N3O2S. The first-order chi connectivity index (χ1) is 17.5. The van der Waals surface area contributed by atoms with Crippen molar-refractivity contribution in [1.82, 2.24) is 9.88 Å². The van der Waals surface area contributed by atoms with Crippen LogP contribution in [0.1, 0.15) is 46.2 Å². The molecule has 4 aromatic rings. The highest BCUT2D eigenvalue weighted by molar-refractivity contribution is 7.22. The van der Waals surface area contributed by atoms with Crippen LogP contribution in [0.15, 0.2) is 40.8 Å². The fraction of sp³-hybridized carbons (Fsp3) is 0.357. The first-order valence-electron chi connectivity index (χ1n) is 12.4. The van der Waals surface area contributed by atoms with Crippen LogP contribution in [0.5, 0.6) is 0 Å². The Labute approximate surface area is 224 Å². The lowest BCUT2D eigenvalue weighted by molar-refractivity contribution is 0.112. The number of piperazine rings is 1. The van der Waals surface area contributed by atoms with Gasteiger partial charge in [-0.15, -0.1) is 0 Å². The SMILES string of the molecule is Cc1oc(C2CC2)c(CCN2CCN(c3nc4ccc(C=O)cc4s3)CC2)c1-c1c(Cl)cccc1Cl. The Bertz CT molecular complexity index is 1410. The lowest BCUT2D eigenvalue weighted by atomic mass is 9.96. The highest BCUT2D eigenvalue weighted by Crippen LogP contribution is 2.48. The molecule has 0 atom stereocenters. The number of carbonyl (C=O) groups excluding carboxylic acids is 1. The molecule has 2 aromatic heterocycles. The largest absolute Gasteiger partial charge is 0.465 e. The highest BCUT2D eigenvalue weighted by atomic mass is 35.5. The van der Waals surface area contributed by atoms with Crippen molar-refractivity contribution in [3.8, 4) is 11.1 Å². The summed E-state index contributed by atoms with van der Waals surface area (Å²) >= 11 is 14.9. The van der Waals surface area contributed by atoms with Crippen molar-refractivity contribution < 1.29 is 9.21 Å². The number of fused-ring (bicyclic) bond motifs is 1. The second-order valence-corrected chi connectivity index (χ2v) is 11.5. The molecule has 0 unspecified atom stereocenters. The van der Waals surface area contributed by atoms with E-state index >= 15 is 0 Å². The van der Waals surface area contributed by atoms with E-state index in [0.717, 1.165) is 83.4 Å². The van der Waals surface area contributed by atoms with Crippen LogP contribution >= 0.6 is 34.5 Å². The fourth-order valence-corrected chi connectivity index (χ4v) is 6.82. The number of halogens is 2. The third-order valence-corrected chi connectivity index (χ3v) is 8.94. The summed E-state index contributed by atoms with van der Waals surface area (Å²) in [5.41, 5.74) is 4.89. The molecule has 2 fully saturated rings. The van der Waals surface area contributed by atoms with Crippen LogP contribution in [0.2, 0.25) is 10.0 Å². The van der Waals surface area contributed by atoms with Gasteiger partial charge in [-0.25, -0.2) is 4.98 Å². The summed E-state index contributed by atoms with van der Waals surface area (Å²) in [6, 6.07) is 11.4. The van der Waals surface area contributed by atoms with Gasteiger partial charge >= 0.3 is 0 Å². The Kier molecular flexibility index (Phi) is 6.54. The second kappa shape index (κ2) is 9.82. The van der Waals surface area contributed by atoms with Gasteiger partial charge in [0, 0.05) is 60.9 Å². The van der Waals surface area contributed by atoms with Gasteiger partial charge in [-0.05, 0) is 56.5 Å². The molecular weight excluding hydrogens is 513 g/mol. The number of aromatic nitrogens is 1. The highest BCUT2D eigenvalue weighted by Gasteiger charge is 2.33.